The summed E-state index contributed by atoms with van der Waals surface area (Å²) in [6.45, 7) is 4.02. The zero-order valence-electron chi connectivity index (χ0n) is 10.8. The van der Waals surface area contributed by atoms with Crippen molar-refractivity contribution in [3.63, 3.8) is 0 Å². The summed E-state index contributed by atoms with van der Waals surface area (Å²) in [5, 5.41) is 16.2. The molecule has 106 valence electrons. The number of unbranched alkanes of at least 4 members (excludes halogenated alkanes) is 5. The average molecular weight is 258 g/mol. The van der Waals surface area contributed by atoms with Crippen LogP contribution in [0.5, 0.6) is 0 Å². The first-order valence-electron chi connectivity index (χ1n) is 6.25. The smallest absolute Gasteiger partial charge is 0.397 e. The predicted octanol–water partition coefficient (Wildman–Crippen LogP) is 3.66. The number of alkyl halides is 3. The Kier molecular flexibility index (Phi) is 13.6. The highest BCUT2D eigenvalue weighted by Gasteiger charge is 2.37. The zero-order chi connectivity index (χ0) is 13.7. The first-order valence-corrected chi connectivity index (χ1v) is 6.25. The van der Waals surface area contributed by atoms with Crippen LogP contribution in [0.3, 0.4) is 0 Å². The molecule has 0 saturated heterocycles. The van der Waals surface area contributed by atoms with Gasteiger partial charge in [-0.05, 0) is 13.3 Å². The van der Waals surface area contributed by atoms with Gasteiger partial charge in [-0.2, -0.15) is 13.2 Å². The van der Waals surface area contributed by atoms with Crippen LogP contribution in [-0.2, 0) is 0 Å². The van der Waals surface area contributed by atoms with Gasteiger partial charge in [0.15, 0.2) is 0 Å². The fourth-order valence-electron chi connectivity index (χ4n) is 1.28. The van der Waals surface area contributed by atoms with Gasteiger partial charge in [-0.3, -0.25) is 0 Å². The number of hydrogen-bond donors (Lipinski definition) is 2. The predicted molar refractivity (Wildman–Crippen MR) is 62.8 cm³/mol. The highest BCUT2D eigenvalue weighted by atomic mass is 19.4. The van der Waals surface area contributed by atoms with E-state index in [1.165, 1.54) is 0 Å². The van der Waals surface area contributed by atoms with Crippen LogP contribution in [0.15, 0.2) is 0 Å². The molecule has 0 spiro atoms. The maximum atomic E-state index is 11.8. The van der Waals surface area contributed by atoms with Crippen LogP contribution < -0.4 is 0 Å². The Labute approximate surface area is 102 Å². The van der Waals surface area contributed by atoms with Crippen LogP contribution in [0.4, 0.5) is 13.2 Å². The topological polar surface area (TPSA) is 40.5 Å². The molecule has 0 aromatic carbocycles. The molecule has 0 rings (SSSR count). The van der Waals surface area contributed by atoms with Crippen molar-refractivity contribution in [1.29, 1.82) is 0 Å². The monoisotopic (exact) mass is 258 g/mol. The minimum atomic E-state index is -4.44. The molecule has 0 aromatic heterocycles. The molecule has 0 bridgehead atoms. The van der Waals surface area contributed by atoms with Gasteiger partial charge in [0.25, 0.3) is 0 Å². The highest BCUT2D eigenvalue weighted by Crippen LogP contribution is 2.24. The molecule has 2 N–H and O–H groups in total. The van der Waals surface area contributed by atoms with E-state index in [4.69, 9.17) is 10.2 Å². The molecule has 0 aliphatic carbocycles. The van der Waals surface area contributed by atoms with E-state index in [0.717, 1.165) is 32.1 Å². The van der Waals surface area contributed by atoms with Gasteiger partial charge in [0.1, 0.15) is 6.10 Å². The van der Waals surface area contributed by atoms with Gasteiger partial charge in [-0.1, -0.05) is 45.4 Å². The lowest BCUT2D eigenvalue weighted by atomic mass is 10.1. The van der Waals surface area contributed by atoms with E-state index in [9.17, 15) is 13.2 Å². The number of aliphatic hydroxyl groups excluding tert-OH is 2. The minimum absolute atomic E-state index is 0.157. The summed E-state index contributed by atoms with van der Waals surface area (Å²) in [4.78, 5) is 0. The lowest BCUT2D eigenvalue weighted by molar-refractivity contribution is -0.205. The van der Waals surface area contributed by atoms with Crippen molar-refractivity contribution >= 4 is 0 Å². The van der Waals surface area contributed by atoms with Crippen LogP contribution in [0.2, 0.25) is 0 Å². The Hall–Kier alpha value is -0.290. The van der Waals surface area contributed by atoms with E-state index < -0.39 is 12.3 Å². The lowest BCUT2D eigenvalue weighted by Gasteiger charge is -2.13. The average Bonchev–Trinajstić information content (AvgIpc) is 2.22. The number of hydrogen-bond acceptors (Lipinski definition) is 2. The lowest BCUT2D eigenvalue weighted by Crippen LogP contribution is -2.28. The molecule has 2 nitrogen and oxygen atoms in total. The molecule has 17 heavy (non-hydrogen) atoms. The van der Waals surface area contributed by atoms with Gasteiger partial charge in [0.05, 0.1) is 0 Å². The third kappa shape index (κ3) is 15.7. The van der Waals surface area contributed by atoms with Gasteiger partial charge in [-0.15, -0.1) is 0 Å². The quantitative estimate of drug-likeness (QED) is 0.684. The molecule has 5 heteroatoms. The third-order valence-corrected chi connectivity index (χ3v) is 2.21. The summed E-state index contributed by atoms with van der Waals surface area (Å²) >= 11 is 0. The molecule has 0 fully saturated rings. The normalized spacial score (nSPS) is 12.9. The van der Waals surface area contributed by atoms with E-state index in [0.29, 0.717) is 6.42 Å². The van der Waals surface area contributed by atoms with Gasteiger partial charge in [0, 0.05) is 6.61 Å². The van der Waals surface area contributed by atoms with Crippen molar-refractivity contribution in [1.82, 2.24) is 0 Å². The van der Waals surface area contributed by atoms with Crippen LogP contribution in [0.25, 0.3) is 0 Å². The summed E-state index contributed by atoms with van der Waals surface area (Å²) in [7, 11) is 0. The molecule has 1 unspecified atom stereocenters. The van der Waals surface area contributed by atoms with Gasteiger partial charge >= 0.3 is 6.18 Å². The van der Waals surface area contributed by atoms with Crippen molar-refractivity contribution in [3.8, 4) is 0 Å². The van der Waals surface area contributed by atoms with Crippen LogP contribution in [-0.4, -0.2) is 29.1 Å². The first kappa shape index (κ1) is 19.1. The Morgan fingerprint density at radius 1 is 0.941 bits per heavy atom. The number of aliphatic hydroxyl groups is 2. The first-order chi connectivity index (χ1) is 7.90. The fourth-order valence-corrected chi connectivity index (χ4v) is 1.28. The van der Waals surface area contributed by atoms with Crippen molar-refractivity contribution in [3.05, 3.63) is 0 Å². The molecule has 0 aliphatic heterocycles. The summed E-state index contributed by atoms with van der Waals surface area (Å²) < 4.78 is 35.5. The standard InChI is InChI=1S/C10H19F3O.C2H6O/c1-2-3-4-5-6-7-8-9(14)10(11,12)13;1-2-3/h9,14H,2-8H2,1H3;3H,2H2,1H3. The van der Waals surface area contributed by atoms with Crippen molar-refractivity contribution in [2.45, 2.75) is 71.1 Å². The highest BCUT2D eigenvalue weighted by molar-refractivity contribution is 4.64. The number of rotatable bonds is 7. The zero-order valence-corrected chi connectivity index (χ0v) is 10.8. The van der Waals surface area contributed by atoms with Gasteiger partial charge in [0.2, 0.25) is 0 Å². The SMILES string of the molecule is CCCCCCCCC(O)C(F)(F)F.CCO. The second-order valence-corrected chi connectivity index (χ2v) is 3.93. The third-order valence-electron chi connectivity index (χ3n) is 2.21. The molecule has 0 radical (unpaired) electrons. The molecule has 0 amide bonds. The second-order valence-electron chi connectivity index (χ2n) is 3.93. The summed E-state index contributed by atoms with van der Waals surface area (Å²) in [5.41, 5.74) is 0. The molecule has 0 heterocycles. The second kappa shape index (κ2) is 12.2. The summed E-state index contributed by atoms with van der Waals surface area (Å²) in [5.74, 6) is 0. The molecule has 1 atom stereocenters. The van der Waals surface area contributed by atoms with E-state index in [1.807, 2.05) is 0 Å². The van der Waals surface area contributed by atoms with Crippen LogP contribution in [0, 0.1) is 0 Å². The van der Waals surface area contributed by atoms with Crippen molar-refractivity contribution in [2.75, 3.05) is 6.61 Å². The van der Waals surface area contributed by atoms with E-state index in [-0.39, 0.29) is 13.0 Å². The van der Waals surface area contributed by atoms with Crippen molar-refractivity contribution in [2.24, 2.45) is 0 Å². The maximum absolute atomic E-state index is 11.8. The molecular weight excluding hydrogens is 233 g/mol. The number of halogens is 3. The van der Waals surface area contributed by atoms with Crippen LogP contribution in [0.1, 0.15) is 58.8 Å². The Bertz CT molecular complexity index is 149. The molecular formula is C12H25F3O2. The maximum Gasteiger partial charge on any atom is 0.414 e. The van der Waals surface area contributed by atoms with Crippen molar-refractivity contribution < 1.29 is 23.4 Å². The summed E-state index contributed by atoms with van der Waals surface area (Å²) in [6, 6.07) is 0. The fraction of sp³-hybridized carbons (Fsp3) is 1.00. The molecule has 0 saturated carbocycles. The molecule has 0 aromatic rings. The van der Waals surface area contributed by atoms with Crippen LogP contribution >= 0.6 is 0 Å². The van der Waals surface area contributed by atoms with E-state index >= 15 is 0 Å². The van der Waals surface area contributed by atoms with E-state index in [1.54, 1.807) is 6.92 Å². The minimum Gasteiger partial charge on any atom is -0.397 e. The Morgan fingerprint density at radius 3 is 1.76 bits per heavy atom. The largest absolute Gasteiger partial charge is 0.414 e. The Morgan fingerprint density at radius 2 is 1.35 bits per heavy atom. The van der Waals surface area contributed by atoms with Gasteiger partial charge in [-0.25, -0.2) is 0 Å². The van der Waals surface area contributed by atoms with Gasteiger partial charge < -0.3 is 10.2 Å². The Balaban J connectivity index is 0. The summed E-state index contributed by atoms with van der Waals surface area (Å²) in [6.07, 6.45) is -1.16. The molecule has 0 aliphatic rings. The van der Waals surface area contributed by atoms with E-state index in [2.05, 4.69) is 6.92 Å².